The van der Waals surface area contributed by atoms with E-state index in [2.05, 4.69) is 0 Å². The fourth-order valence-corrected chi connectivity index (χ4v) is 3.31. The first-order valence-corrected chi connectivity index (χ1v) is 7.23. The molecule has 1 saturated carbocycles. The van der Waals surface area contributed by atoms with Gasteiger partial charge in [-0.2, -0.15) is 0 Å². The van der Waals surface area contributed by atoms with Crippen LogP contribution in [0.3, 0.4) is 0 Å². The number of carbonyl (C=O) groups is 1. The molecule has 2 unspecified atom stereocenters. The van der Waals surface area contributed by atoms with Crippen LogP contribution in [0.4, 0.5) is 0 Å². The first kappa shape index (κ1) is 24.2. The topological polar surface area (TPSA) is 107 Å². The first-order valence-electron chi connectivity index (χ1n) is 7.23. The Morgan fingerprint density at radius 2 is 1.91 bits per heavy atom. The Hall–Kier alpha value is -0.0451. The van der Waals surface area contributed by atoms with Crippen LogP contribution in [0.25, 0.3) is 0 Å². The van der Waals surface area contributed by atoms with Crippen molar-refractivity contribution < 1.29 is 19.9 Å². The van der Waals surface area contributed by atoms with Crippen LogP contribution in [-0.2, 0) is 4.79 Å². The van der Waals surface area contributed by atoms with E-state index in [9.17, 15) is 9.90 Å². The predicted molar refractivity (Wildman–Crippen MR) is 92.6 cm³/mol. The summed E-state index contributed by atoms with van der Waals surface area (Å²) >= 11 is 0. The molecule has 0 amide bonds. The summed E-state index contributed by atoms with van der Waals surface area (Å²) in [6, 6.07) is 0.0977. The van der Waals surface area contributed by atoms with Gasteiger partial charge < -0.3 is 25.8 Å². The Morgan fingerprint density at radius 3 is 2.32 bits per heavy atom. The minimum Gasteiger partial charge on any atom is -0.480 e. The summed E-state index contributed by atoms with van der Waals surface area (Å²) in [5, 5.41) is 27.4. The van der Waals surface area contributed by atoms with Gasteiger partial charge in [0.05, 0.1) is 0 Å². The predicted octanol–water partition coefficient (Wildman–Crippen LogP) is 0.841. The number of carboxylic acids is 1. The number of halogens is 2. The molecule has 22 heavy (non-hydrogen) atoms. The van der Waals surface area contributed by atoms with Crippen molar-refractivity contribution in [1.29, 1.82) is 0 Å². The van der Waals surface area contributed by atoms with E-state index in [-0.39, 0.29) is 49.0 Å². The molecule has 0 radical (unpaired) electrons. The Kier molecular flexibility index (Phi) is 11.0. The van der Waals surface area contributed by atoms with Gasteiger partial charge in [-0.05, 0) is 52.5 Å². The van der Waals surface area contributed by atoms with Crippen LogP contribution in [0.2, 0.25) is 6.32 Å². The maximum atomic E-state index is 11.7. The van der Waals surface area contributed by atoms with E-state index in [4.69, 9.17) is 15.8 Å². The second-order valence-electron chi connectivity index (χ2n) is 6.36. The van der Waals surface area contributed by atoms with E-state index in [0.717, 1.165) is 12.8 Å². The lowest BCUT2D eigenvalue weighted by Gasteiger charge is -2.45. The fourth-order valence-electron chi connectivity index (χ4n) is 3.31. The Labute approximate surface area is 145 Å². The van der Waals surface area contributed by atoms with Crippen LogP contribution < -0.4 is 5.73 Å². The lowest BCUT2D eigenvalue weighted by atomic mass is 9.64. The molecule has 0 spiro atoms. The van der Waals surface area contributed by atoms with Gasteiger partial charge in [0.2, 0.25) is 0 Å². The minimum absolute atomic E-state index is 0. The summed E-state index contributed by atoms with van der Waals surface area (Å²) in [4.78, 5) is 13.7. The van der Waals surface area contributed by atoms with E-state index in [1.54, 1.807) is 0 Å². The molecule has 1 aliphatic carbocycles. The smallest absolute Gasteiger partial charge is 0.451 e. The average molecular weight is 359 g/mol. The van der Waals surface area contributed by atoms with Gasteiger partial charge in [-0.1, -0.05) is 6.42 Å². The lowest BCUT2D eigenvalue weighted by Crippen LogP contribution is -2.62. The van der Waals surface area contributed by atoms with Gasteiger partial charge in [0.25, 0.3) is 0 Å². The molecule has 0 aromatic heterocycles. The fraction of sp³-hybridized carbons (Fsp3) is 0.923. The standard InChI is InChI=1S/C13H27BN2O4.2ClH/c1-9(16(2)3)11-5-4-10(6-7-14(19)20)8-13(11,15)12(17)18;;/h9-11,19-20H,4-8,15H2,1-3H3,(H,17,18);2*1H/t9?,10-,11?,13+;;/m0../s1. The molecule has 1 rings (SSSR count). The number of nitrogens with two attached hydrogens (primary N) is 1. The van der Waals surface area contributed by atoms with Crippen molar-refractivity contribution in [2.75, 3.05) is 14.1 Å². The van der Waals surface area contributed by atoms with Crippen molar-refractivity contribution in [3.63, 3.8) is 0 Å². The zero-order valence-corrected chi connectivity index (χ0v) is 15.1. The highest BCUT2D eigenvalue weighted by atomic mass is 35.5. The molecule has 0 saturated heterocycles. The van der Waals surface area contributed by atoms with Crippen molar-refractivity contribution in [2.45, 2.75) is 50.5 Å². The molecule has 0 heterocycles. The van der Waals surface area contributed by atoms with E-state index < -0.39 is 18.6 Å². The summed E-state index contributed by atoms with van der Waals surface area (Å²) in [6.07, 6.45) is 2.93. The molecule has 0 aliphatic heterocycles. The normalized spacial score (nSPS) is 29.2. The maximum absolute atomic E-state index is 11.7. The second-order valence-corrected chi connectivity index (χ2v) is 6.36. The Morgan fingerprint density at radius 1 is 1.36 bits per heavy atom. The van der Waals surface area contributed by atoms with Crippen molar-refractivity contribution >= 4 is 37.9 Å². The highest BCUT2D eigenvalue weighted by Crippen LogP contribution is 2.40. The van der Waals surface area contributed by atoms with E-state index >= 15 is 0 Å². The number of aliphatic carboxylic acids is 1. The molecule has 1 fully saturated rings. The number of hydrogen-bond acceptors (Lipinski definition) is 5. The first-order chi connectivity index (χ1) is 9.18. The van der Waals surface area contributed by atoms with Crippen molar-refractivity contribution in [3.05, 3.63) is 0 Å². The van der Waals surface area contributed by atoms with Crippen LogP contribution in [0.15, 0.2) is 0 Å². The highest BCUT2D eigenvalue weighted by molar-refractivity contribution is 6.40. The number of carboxylic acid groups (broad SMARTS) is 1. The van der Waals surface area contributed by atoms with Gasteiger partial charge in [-0.25, -0.2) is 0 Å². The van der Waals surface area contributed by atoms with Gasteiger partial charge in [0.15, 0.2) is 0 Å². The van der Waals surface area contributed by atoms with E-state index in [1.165, 1.54) is 0 Å². The molecular formula is C13H29BCl2N2O4. The SMILES string of the molecule is CC(C1CC[C@@H](CCB(O)O)C[C@]1(N)C(=O)O)N(C)C.Cl.Cl. The van der Waals surface area contributed by atoms with E-state index in [0.29, 0.717) is 12.8 Å². The zero-order valence-electron chi connectivity index (χ0n) is 13.4. The molecular weight excluding hydrogens is 330 g/mol. The quantitative estimate of drug-likeness (QED) is 0.524. The van der Waals surface area contributed by atoms with Gasteiger partial charge in [0.1, 0.15) is 5.54 Å². The molecule has 4 atom stereocenters. The summed E-state index contributed by atoms with van der Waals surface area (Å²) in [5.41, 5.74) is 5.00. The molecule has 6 nitrogen and oxygen atoms in total. The molecule has 132 valence electrons. The summed E-state index contributed by atoms with van der Waals surface area (Å²) < 4.78 is 0. The van der Waals surface area contributed by atoms with Crippen LogP contribution in [0.5, 0.6) is 0 Å². The van der Waals surface area contributed by atoms with Gasteiger partial charge >= 0.3 is 13.1 Å². The third kappa shape index (κ3) is 5.87. The monoisotopic (exact) mass is 358 g/mol. The number of rotatable bonds is 6. The molecule has 5 N–H and O–H groups in total. The third-order valence-electron chi connectivity index (χ3n) is 4.80. The van der Waals surface area contributed by atoms with Gasteiger partial charge in [-0.15, -0.1) is 24.8 Å². The van der Waals surface area contributed by atoms with Crippen molar-refractivity contribution in [3.8, 4) is 0 Å². The summed E-state index contributed by atoms with van der Waals surface area (Å²) in [6.45, 7) is 2.01. The van der Waals surface area contributed by atoms with Crippen molar-refractivity contribution in [2.24, 2.45) is 17.6 Å². The molecule has 9 heteroatoms. The summed E-state index contributed by atoms with van der Waals surface area (Å²) in [7, 11) is 2.54. The maximum Gasteiger partial charge on any atom is 0.451 e. The Balaban J connectivity index is 0. The van der Waals surface area contributed by atoms with Crippen molar-refractivity contribution in [1.82, 2.24) is 4.90 Å². The van der Waals surface area contributed by atoms with Gasteiger partial charge in [-0.3, -0.25) is 4.79 Å². The second kappa shape index (κ2) is 9.95. The molecule has 0 aromatic carbocycles. The molecule has 0 aromatic rings. The number of hydrogen-bond donors (Lipinski definition) is 4. The largest absolute Gasteiger partial charge is 0.480 e. The van der Waals surface area contributed by atoms with Crippen LogP contribution in [0.1, 0.15) is 32.6 Å². The molecule has 0 bridgehead atoms. The third-order valence-corrected chi connectivity index (χ3v) is 4.80. The van der Waals surface area contributed by atoms with E-state index in [1.807, 2.05) is 25.9 Å². The van der Waals surface area contributed by atoms with Crippen LogP contribution in [0, 0.1) is 11.8 Å². The van der Waals surface area contributed by atoms with Gasteiger partial charge in [0, 0.05) is 12.0 Å². The average Bonchev–Trinajstić information content (AvgIpc) is 2.35. The highest BCUT2D eigenvalue weighted by Gasteiger charge is 2.49. The molecule has 1 aliphatic rings. The lowest BCUT2D eigenvalue weighted by molar-refractivity contribution is -0.149. The van der Waals surface area contributed by atoms with Crippen LogP contribution >= 0.6 is 24.8 Å². The zero-order chi connectivity index (χ0) is 15.5. The summed E-state index contributed by atoms with van der Waals surface area (Å²) in [5.74, 6) is -0.903. The van der Waals surface area contributed by atoms with Crippen LogP contribution in [-0.4, -0.2) is 58.8 Å². The Bertz CT molecular complexity index is 350. The number of nitrogens with zero attached hydrogens (tertiary/aromatic N) is 1. The minimum atomic E-state index is -1.33.